The highest BCUT2D eigenvalue weighted by atomic mass is 79.9. The van der Waals surface area contributed by atoms with E-state index in [-0.39, 0.29) is 0 Å². The second-order valence-corrected chi connectivity index (χ2v) is 5.41. The molecule has 1 aromatic carbocycles. The lowest BCUT2D eigenvalue weighted by atomic mass is 9.91. The summed E-state index contributed by atoms with van der Waals surface area (Å²) >= 11 is 3.67. The maximum atomic E-state index is 3.67. The zero-order valence-corrected chi connectivity index (χ0v) is 12.3. The molecule has 1 rings (SSSR count). The smallest absolute Gasteiger partial charge is 0.0354 e. The van der Waals surface area contributed by atoms with Crippen LogP contribution in [0.3, 0.4) is 0 Å². The van der Waals surface area contributed by atoms with Gasteiger partial charge in [-0.25, -0.2) is 0 Å². The summed E-state index contributed by atoms with van der Waals surface area (Å²) in [4.78, 5) is 0. The molecule has 0 amide bonds. The number of hydrogen-bond acceptors (Lipinski definition) is 1. The molecule has 0 aromatic heterocycles. The van der Waals surface area contributed by atoms with Gasteiger partial charge < -0.3 is 5.32 Å². The van der Waals surface area contributed by atoms with Crippen LogP contribution >= 0.6 is 15.9 Å². The summed E-state index contributed by atoms with van der Waals surface area (Å²) < 4.78 is 1.22. The average Bonchev–Trinajstić information content (AvgIpc) is 2.22. The summed E-state index contributed by atoms with van der Waals surface area (Å²) in [5.74, 6) is 0.661. The zero-order valence-electron chi connectivity index (χ0n) is 10.7. The van der Waals surface area contributed by atoms with E-state index >= 15 is 0 Å². The predicted octanol–water partition coefficient (Wildman–Crippen LogP) is 4.45. The van der Waals surface area contributed by atoms with Crippen molar-refractivity contribution >= 4 is 15.9 Å². The van der Waals surface area contributed by atoms with Crippen LogP contribution in [0.15, 0.2) is 22.7 Å². The maximum Gasteiger partial charge on any atom is 0.0354 e. The Labute approximate surface area is 108 Å². The Morgan fingerprint density at radius 1 is 1.38 bits per heavy atom. The van der Waals surface area contributed by atoms with Crippen LogP contribution in [-0.4, -0.2) is 7.05 Å². The highest BCUT2D eigenvalue weighted by Gasteiger charge is 2.18. The van der Waals surface area contributed by atoms with Crippen molar-refractivity contribution in [3.05, 3.63) is 33.8 Å². The molecule has 16 heavy (non-hydrogen) atoms. The van der Waals surface area contributed by atoms with Gasteiger partial charge in [0.15, 0.2) is 0 Å². The highest BCUT2D eigenvalue weighted by Crippen LogP contribution is 2.31. The van der Waals surface area contributed by atoms with E-state index in [1.165, 1.54) is 28.4 Å². The van der Waals surface area contributed by atoms with Gasteiger partial charge in [0, 0.05) is 10.5 Å². The monoisotopic (exact) mass is 283 g/mol. The number of benzene rings is 1. The molecular weight excluding hydrogens is 262 g/mol. The molecule has 0 heterocycles. The Kier molecular flexibility index (Phi) is 5.50. The fourth-order valence-electron chi connectivity index (χ4n) is 2.25. The van der Waals surface area contributed by atoms with Crippen LogP contribution in [0.5, 0.6) is 0 Å². The number of nitrogens with one attached hydrogen (secondary N) is 1. The molecule has 2 unspecified atom stereocenters. The minimum atomic E-state index is 0.440. The third-order valence-corrected chi connectivity index (χ3v) is 3.80. The maximum absolute atomic E-state index is 3.67. The van der Waals surface area contributed by atoms with Gasteiger partial charge in [0.1, 0.15) is 0 Å². The standard InChI is InChI=1S/C14H22BrN/c1-5-6-11(3)14(16-4)12-8-7-10(2)9-13(12)15/h7-9,11,14,16H,5-6H2,1-4H3. The second kappa shape index (κ2) is 6.41. The second-order valence-electron chi connectivity index (χ2n) is 4.56. The van der Waals surface area contributed by atoms with Gasteiger partial charge in [-0.2, -0.15) is 0 Å². The summed E-state index contributed by atoms with van der Waals surface area (Å²) in [6.07, 6.45) is 2.49. The van der Waals surface area contributed by atoms with E-state index in [4.69, 9.17) is 0 Å². The first-order valence-corrected chi connectivity index (χ1v) is 6.82. The molecule has 0 radical (unpaired) electrons. The first kappa shape index (κ1) is 13.7. The van der Waals surface area contributed by atoms with E-state index in [2.05, 4.69) is 60.2 Å². The number of rotatable bonds is 5. The molecule has 0 spiro atoms. The van der Waals surface area contributed by atoms with Gasteiger partial charge in [-0.1, -0.05) is 48.3 Å². The first-order chi connectivity index (χ1) is 7.60. The fraction of sp³-hybridized carbons (Fsp3) is 0.571. The third kappa shape index (κ3) is 3.33. The molecule has 0 fully saturated rings. The summed E-state index contributed by atoms with van der Waals surface area (Å²) in [6, 6.07) is 7.05. The molecular formula is C14H22BrN. The highest BCUT2D eigenvalue weighted by molar-refractivity contribution is 9.10. The van der Waals surface area contributed by atoms with Gasteiger partial charge in [-0.3, -0.25) is 0 Å². The number of halogens is 1. The summed E-state index contributed by atoms with van der Waals surface area (Å²) in [7, 11) is 2.04. The van der Waals surface area contributed by atoms with Gasteiger partial charge in [-0.05, 0) is 43.5 Å². The van der Waals surface area contributed by atoms with E-state index in [9.17, 15) is 0 Å². The average molecular weight is 284 g/mol. The molecule has 1 nitrogen and oxygen atoms in total. The van der Waals surface area contributed by atoms with Crippen LogP contribution in [0.2, 0.25) is 0 Å². The zero-order chi connectivity index (χ0) is 12.1. The lowest BCUT2D eigenvalue weighted by molar-refractivity contribution is 0.383. The van der Waals surface area contributed by atoms with E-state index in [0.717, 1.165) is 0 Å². The fourth-order valence-corrected chi connectivity index (χ4v) is 2.99. The summed E-state index contributed by atoms with van der Waals surface area (Å²) in [5.41, 5.74) is 2.67. The first-order valence-electron chi connectivity index (χ1n) is 6.03. The lowest BCUT2D eigenvalue weighted by Gasteiger charge is -2.25. The Bertz CT molecular complexity index is 336. The molecule has 0 aliphatic heterocycles. The topological polar surface area (TPSA) is 12.0 Å². The van der Waals surface area contributed by atoms with Crippen LogP contribution in [-0.2, 0) is 0 Å². The largest absolute Gasteiger partial charge is 0.313 e. The Morgan fingerprint density at radius 3 is 2.56 bits per heavy atom. The van der Waals surface area contributed by atoms with E-state index in [1.54, 1.807) is 0 Å². The van der Waals surface area contributed by atoms with E-state index < -0.39 is 0 Å². The quantitative estimate of drug-likeness (QED) is 0.842. The molecule has 0 aliphatic rings. The Balaban J connectivity index is 2.94. The van der Waals surface area contributed by atoms with Crippen molar-refractivity contribution in [2.75, 3.05) is 7.05 Å². The molecule has 2 heteroatoms. The molecule has 0 aliphatic carbocycles. The number of aryl methyl sites for hydroxylation is 1. The van der Waals surface area contributed by atoms with Crippen molar-refractivity contribution in [3.8, 4) is 0 Å². The van der Waals surface area contributed by atoms with Crippen LogP contribution in [0.1, 0.15) is 43.9 Å². The van der Waals surface area contributed by atoms with Gasteiger partial charge >= 0.3 is 0 Å². The van der Waals surface area contributed by atoms with Gasteiger partial charge in [0.25, 0.3) is 0 Å². The Morgan fingerprint density at radius 2 is 2.06 bits per heavy atom. The lowest BCUT2D eigenvalue weighted by Crippen LogP contribution is -2.23. The molecule has 2 atom stereocenters. The van der Waals surface area contributed by atoms with Crippen molar-refractivity contribution in [2.45, 2.75) is 39.7 Å². The van der Waals surface area contributed by atoms with Crippen molar-refractivity contribution in [1.82, 2.24) is 5.32 Å². The third-order valence-electron chi connectivity index (χ3n) is 3.12. The van der Waals surface area contributed by atoms with E-state index in [1.807, 2.05) is 7.05 Å². The minimum absolute atomic E-state index is 0.440. The van der Waals surface area contributed by atoms with Crippen LogP contribution < -0.4 is 5.32 Å². The molecule has 90 valence electrons. The van der Waals surface area contributed by atoms with Gasteiger partial charge in [0.2, 0.25) is 0 Å². The summed E-state index contributed by atoms with van der Waals surface area (Å²) in [5, 5.41) is 3.43. The van der Waals surface area contributed by atoms with Crippen molar-refractivity contribution < 1.29 is 0 Å². The normalized spacial score (nSPS) is 14.8. The molecule has 0 bridgehead atoms. The van der Waals surface area contributed by atoms with Crippen LogP contribution in [0.4, 0.5) is 0 Å². The van der Waals surface area contributed by atoms with Crippen molar-refractivity contribution in [2.24, 2.45) is 5.92 Å². The Hall–Kier alpha value is -0.340. The number of hydrogen-bond donors (Lipinski definition) is 1. The SMILES string of the molecule is CCCC(C)C(NC)c1ccc(C)cc1Br. The summed E-state index contributed by atoms with van der Waals surface area (Å²) in [6.45, 7) is 6.68. The van der Waals surface area contributed by atoms with E-state index in [0.29, 0.717) is 12.0 Å². The predicted molar refractivity (Wildman–Crippen MR) is 74.8 cm³/mol. The minimum Gasteiger partial charge on any atom is -0.313 e. The van der Waals surface area contributed by atoms with Crippen molar-refractivity contribution in [3.63, 3.8) is 0 Å². The molecule has 1 aromatic rings. The van der Waals surface area contributed by atoms with Gasteiger partial charge in [-0.15, -0.1) is 0 Å². The van der Waals surface area contributed by atoms with Crippen molar-refractivity contribution in [1.29, 1.82) is 0 Å². The van der Waals surface area contributed by atoms with Gasteiger partial charge in [0.05, 0.1) is 0 Å². The molecule has 1 N–H and O–H groups in total. The molecule has 0 saturated heterocycles. The van der Waals surface area contributed by atoms with Crippen LogP contribution in [0.25, 0.3) is 0 Å². The molecule has 0 saturated carbocycles. The van der Waals surface area contributed by atoms with Crippen LogP contribution in [0, 0.1) is 12.8 Å².